The molecule has 2 aliphatic rings. The number of pyridine rings is 1. The number of nitrogens with zero attached hydrogens (tertiary/aromatic N) is 3. The fraction of sp³-hybridized carbons (Fsp3) is 0.389. The monoisotopic (exact) mass is 434 g/mol. The highest BCUT2D eigenvalue weighted by Crippen LogP contribution is 2.33. The number of amides is 2. The summed E-state index contributed by atoms with van der Waals surface area (Å²) in [5.41, 5.74) is -0.271. The Labute approximate surface area is 177 Å². The zero-order valence-corrected chi connectivity index (χ0v) is 16.5. The Kier molecular flexibility index (Phi) is 4.33. The third-order valence-electron chi connectivity index (χ3n) is 4.60. The number of sulfonamides is 1. The van der Waals surface area contributed by atoms with Crippen molar-refractivity contribution in [2.75, 3.05) is 22.3 Å². The van der Waals surface area contributed by atoms with Gasteiger partial charge in [0.25, 0.3) is 5.91 Å². The molecule has 0 spiro atoms. The highest BCUT2D eigenvalue weighted by molar-refractivity contribution is 7.93. The van der Waals surface area contributed by atoms with Crippen LogP contribution in [-0.4, -0.2) is 47.6 Å². The zero-order chi connectivity index (χ0) is 23.8. The Balaban J connectivity index is 1.65. The van der Waals surface area contributed by atoms with Crippen molar-refractivity contribution in [3.63, 3.8) is 0 Å². The van der Waals surface area contributed by atoms with Gasteiger partial charge in [-0.25, -0.2) is 13.4 Å². The first kappa shape index (κ1) is 16.5. The molecule has 30 heavy (non-hydrogen) atoms. The maximum absolute atomic E-state index is 12.5. The van der Waals surface area contributed by atoms with Crippen LogP contribution in [0, 0.1) is 5.92 Å². The van der Waals surface area contributed by atoms with Gasteiger partial charge in [-0.3, -0.25) is 14.3 Å². The maximum atomic E-state index is 12.5. The maximum Gasteiger partial charge on any atom is 0.273 e. The van der Waals surface area contributed by atoms with E-state index in [4.69, 9.17) is 4.11 Å². The van der Waals surface area contributed by atoms with E-state index in [1.165, 1.54) is 24.4 Å². The number of hydrogen-bond donors (Lipinski definition) is 4. The Bertz CT molecular complexity index is 1200. The van der Waals surface area contributed by atoms with E-state index in [0.717, 1.165) is 12.8 Å². The normalized spacial score (nSPS) is 17.8. The molecule has 2 amide bonds. The van der Waals surface area contributed by atoms with Crippen molar-refractivity contribution >= 4 is 44.8 Å². The van der Waals surface area contributed by atoms with Gasteiger partial charge in [-0.2, -0.15) is 0 Å². The SMILES string of the molecule is [2H]C([2H])([2H])NC(=O)c1nnc(NC(=O)C2CC2)cc1Nc1ncccc1NS(=O)(=O)C1CC1. The summed E-state index contributed by atoms with van der Waals surface area (Å²) in [6.07, 6.45) is 4.07. The fourth-order valence-electron chi connectivity index (χ4n) is 2.68. The molecule has 2 aromatic heterocycles. The van der Waals surface area contributed by atoms with E-state index in [-0.39, 0.29) is 40.5 Å². The predicted octanol–water partition coefficient (Wildman–Crippen LogP) is 1.23. The second-order valence-electron chi connectivity index (χ2n) is 7.08. The lowest BCUT2D eigenvalue weighted by molar-refractivity contribution is -0.117. The molecule has 0 bridgehead atoms. The average Bonchev–Trinajstić information content (AvgIpc) is 3.61. The van der Waals surface area contributed by atoms with Crippen LogP contribution >= 0.6 is 0 Å². The molecular weight excluding hydrogens is 410 g/mol. The van der Waals surface area contributed by atoms with E-state index in [1.54, 1.807) is 0 Å². The molecule has 2 heterocycles. The van der Waals surface area contributed by atoms with Crippen molar-refractivity contribution in [3.8, 4) is 0 Å². The molecule has 0 unspecified atom stereocenters. The lowest BCUT2D eigenvalue weighted by atomic mass is 10.2. The van der Waals surface area contributed by atoms with Gasteiger partial charge >= 0.3 is 0 Å². The molecule has 0 aromatic carbocycles. The number of carbonyl (C=O) groups excluding carboxylic acids is 2. The minimum atomic E-state index is -3.60. The van der Waals surface area contributed by atoms with Gasteiger partial charge in [0.1, 0.15) is 0 Å². The molecular formula is C18H21N7O4S. The van der Waals surface area contributed by atoms with Gasteiger partial charge in [0.05, 0.1) is 16.6 Å². The van der Waals surface area contributed by atoms with Crippen molar-refractivity contribution in [3.05, 3.63) is 30.1 Å². The molecule has 4 N–H and O–H groups in total. The fourth-order valence-corrected chi connectivity index (χ4v) is 4.07. The average molecular weight is 434 g/mol. The topological polar surface area (TPSA) is 155 Å². The molecule has 12 heteroatoms. The van der Waals surface area contributed by atoms with E-state index < -0.39 is 28.2 Å². The number of aromatic nitrogens is 3. The van der Waals surface area contributed by atoms with Crippen LogP contribution in [0.1, 0.15) is 40.3 Å². The van der Waals surface area contributed by atoms with Crippen molar-refractivity contribution in [1.82, 2.24) is 20.5 Å². The van der Waals surface area contributed by atoms with Crippen LogP contribution < -0.4 is 20.7 Å². The van der Waals surface area contributed by atoms with E-state index >= 15 is 0 Å². The minimum Gasteiger partial charge on any atom is -0.354 e. The van der Waals surface area contributed by atoms with Crippen LogP contribution in [0.4, 0.5) is 23.0 Å². The molecule has 0 aliphatic heterocycles. The molecule has 2 aliphatic carbocycles. The molecule has 0 atom stereocenters. The van der Waals surface area contributed by atoms with E-state index in [1.807, 2.05) is 5.32 Å². The lowest BCUT2D eigenvalue weighted by Crippen LogP contribution is -2.23. The molecule has 2 aromatic rings. The first-order chi connectivity index (χ1) is 15.5. The molecule has 2 fully saturated rings. The highest BCUT2D eigenvalue weighted by atomic mass is 32.2. The molecule has 0 radical (unpaired) electrons. The van der Waals surface area contributed by atoms with Crippen LogP contribution in [0.3, 0.4) is 0 Å². The second-order valence-corrected chi connectivity index (χ2v) is 9.04. The van der Waals surface area contributed by atoms with Crippen molar-refractivity contribution in [2.24, 2.45) is 5.92 Å². The Hall–Kier alpha value is -3.28. The Morgan fingerprint density at radius 2 is 1.97 bits per heavy atom. The Morgan fingerprint density at radius 1 is 1.17 bits per heavy atom. The molecule has 11 nitrogen and oxygen atoms in total. The predicted molar refractivity (Wildman–Crippen MR) is 110 cm³/mol. The molecule has 158 valence electrons. The molecule has 2 saturated carbocycles. The first-order valence-corrected chi connectivity index (χ1v) is 10.8. The second kappa shape index (κ2) is 7.86. The summed E-state index contributed by atoms with van der Waals surface area (Å²) in [7, 11) is -3.60. The van der Waals surface area contributed by atoms with Gasteiger partial charge < -0.3 is 16.0 Å². The van der Waals surface area contributed by atoms with E-state index in [2.05, 4.69) is 30.5 Å². The van der Waals surface area contributed by atoms with Crippen molar-refractivity contribution in [2.45, 2.75) is 30.9 Å². The van der Waals surface area contributed by atoms with Gasteiger partial charge in [-0.1, -0.05) is 0 Å². The number of hydrogen-bond acceptors (Lipinski definition) is 8. The summed E-state index contributed by atoms with van der Waals surface area (Å²) in [4.78, 5) is 28.7. The number of carbonyl (C=O) groups is 2. The standard InChI is InChI=1S/C18H21N7O4S/c1-19-18(27)15-13(9-14(23-24-15)22-17(26)10-4-5-10)21-16-12(3-2-8-20-16)25-30(28,29)11-6-7-11/h2-3,8-11,25H,4-7H2,1H3,(H,19,27)(H2,20,21,22,23,26)/i1D3. The van der Waals surface area contributed by atoms with Gasteiger partial charge in [0.15, 0.2) is 17.3 Å². The van der Waals surface area contributed by atoms with E-state index in [0.29, 0.717) is 12.8 Å². The number of nitrogens with one attached hydrogen (secondary N) is 4. The van der Waals surface area contributed by atoms with Gasteiger partial charge in [0.2, 0.25) is 15.9 Å². The number of rotatable bonds is 8. The summed E-state index contributed by atoms with van der Waals surface area (Å²) >= 11 is 0. The summed E-state index contributed by atoms with van der Waals surface area (Å²) in [5.74, 6) is -1.30. The lowest BCUT2D eigenvalue weighted by Gasteiger charge is -2.15. The highest BCUT2D eigenvalue weighted by Gasteiger charge is 2.36. The molecule has 4 rings (SSSR count). The van der Waals surface area contributed by atoms with Gasteiger partial charge in [0, 0.05) is 29.3 Å². The summed E-state index contributed by atoms with van der Waals surface area (Å²) in [6, 6.07) is 4.32. The summed E-state index contributed by atoms with van der Waals surface area (Å²) < 4.78 is 49.0. The van der Waals surface area contributed by atoms with Gasteiger partial charge in [-0.15, -0.1) is 10.2 Å². The third kappa shape index (κ3) is 4.48. The molecule has 0 saturated heterocycles. The largest absolute Gasteiger partial charge is 0.354 e. The summed E-state index contributed by atoms with van der Waals surface area (Å²) in [6.45, 7) is -2.77. The smallest absolute Gasteiger partial charge is 0.273 e. The Morgan fingerprint density at radius 3 is 2.67 bits per heavy atom. The van der Waals surface area contributed by atoms with Crippen molar-refractivity contribution < 1.29 is 22.1 Å². The van der Waals surface area contributed by atoms with Gasteiger partial charge in [-0.05, 0) is 37.8 Å². The zero-order valence-electron chi connectivity index (χ0n) is 18.7. The van der Waals surface area contributed by atoms with Crippen LogP contribution in [0.5, 0.6) is 0 Å². The first-order valence-electron chi connectivity index (χ1n) is 10.8. The van der Waals surface area contributed by atoms with Crippen LogP contribution in [-0.2, 0) is 14.8 Å². The van der Waals surface area contributed by atoms with Crippen LogP contribution in [0.2, 0.25) is 0 Å². The van der Waals surface area contributed by atoms with E-state index in [9.17, 15) is 18.0 Å². The third-order valence-corrected chi connectivity index (χ3v) is 6.45. The van der Waals surface area contributed by atoms with Crippen LogP contribution in [0.15, 0.2) is 24.4 Å². The quantitative estimate of drug-likeness (QED) is 0.483. The summed E-state index contributed by atoms with van der Waals surface area (Å²) in [5, 5.41) is 14.3. The minimum absolute atomic E-state index is 0.0246. The number of anilines is 4. The van der Waals surface area contributed by atoms with Crippen molar-refractivity contribution in [1.29, 1.82) is 0 Å². The van der Waals surface area contributed by atoms with Crippen LogP contribution in [0.25, 0.3) is 0 Å².